The lowest BCUT2D eigenvalue weighted by Gasteiger charge is -2.46. The highest BCUT2D eigenvalue weighted by Gasteiger charge is 2.43. The third-order valence-corrected chi connectivity index (χ3v) is 4.80. The van der Waals surface area contributed by atoms with Gasteiger partial charge in [0.15, 0.2) is 0 Å². The highest BCUT2D eigenvalue weighted by atomic mass is 16.5. The Kier molecular flexibility index (Phi) is 2.94. The summed E-state index contributed by atoms with van der Waals surface area (Å²) in [5.74, 6) is 0.958. The zero-order valence-electron chi connectivity index (χ0n) is 10.0. The van der Waals surface area contributed by atoms with Crippen LogP contribution in [-0.2, 0) is 4.74 Å². The van der Waals surface area contributed by atoms with E-state index in [1.165, 1.54) is 38.6 Å². The van der Waals surface area contributed by atoms with Crippen molar-refractivity contribution in [2.24, 2.45) is 11.3 Å². The van der Waals surface area contributed by atoms with Crippen LogP contribution in [0.3, 0.4) is 0 Å². The predicted molar refractivity (Wildman–Crippen MR) is 62.3 cm³/mol. The van der Waals surface area contributed by atoms with Gasteiger partial charge in [0, 0.05) is 12.6 Å². The minimum atomic E-state index is 0.0757. The summed E-state index contributed by atoms with van der Waals surface area (Å²) in [5.41, 5.74) is 0.0757. The molecule has 1 aliphatic carbocycles. The van der Waals surface area contributed by atoms with Gasteiger partial charge in [0.25, 0.3) is 0 Å². The van der Waals surface area contributed by atoms with Crippen molar-refractivity contribution in [1.29, 1.82) is 0 Å². The van der Waals surface area contributed by atoms with Gasteiger partial charge in [-0.05, 0) is 38.1 Å². The van der Waals surface area contributed by atoms with E-state index in [1.54, 1.807) is 0 Å². The van der Waals surface area contributed by atoms with E-state index < -0.39 is 0 Å². The van der Waals surface area contributed by atoms with Crippen molar-refractivity contribution in [1.82, 2.24) is 4.90 Å². The molecule has 3 nitrogen and oxygen atoms in total. The lowest BCUT2D eigenvalue weighted by Crippen LogP contribution is -2.55. The summed E-state index contributed by atoms with van der Waals surface area (Å²) in [7, 11) is 0. The van der Waals surface area contributed by atoms with Crippen LogP contribution in [0.4, 0.5) is 0 Å². The van der Waals surface area contributed by atoms with Crippen LogP contribution in [0.1, 0.15) is 32.1 Å². The summed E-state index contributed by atoms with van der Waals surface area (Å²) < 4.78 is 5.29. The maximum Gasteiger partial charge on any atom is 0.0579 e. The van der Waals surface area contributed by atoms with Gasteiger partial charge in [-0.2, -0.15) is 0 Å². The van der Waals surface area contributed by atoms with Crippen molar-refractivity contribution in [3.05, 3.63) is 0 Å². The number of rotatable bonds is 4. The van der Waals surface area contributed by atoms with E-state index in [2.05, 4.69) is 4.90 Å². The first-order chi connectivity index (χ1) is 7.83. The molecule has 0 radical (unpaired) electrons. The third kappa shape index (κ3) is 1.79. The monoisotopic (exact) mass is 225 g/mol. The number of ether oxygens (including phenoxy) is 1. The van der Waals surface area contributed by atoms with Gasteiger partial charge in [-0.15, -0.1) is 0 Å². The maximum absolute atomic E-state index is 9.49. The van der Waals surface area contributed by atoms with Gasteiger partial charge in [0.2, 0.25) is 0 Å². The van der Waals surface area contributed by atoms with E-state index >= 15 is 0 Å². The summed E-state index contributed by atoms with van der Waals surface area (Å²) in [6, 6.07) is 0.817. The van der Waals surface area contributed by atoms with E-state index in [9.17, 15) is 5.11 Å². The Bertz CT molecular complexity index is 243. The Hall–Kier alpha value is -0.120. The highest BCUT2D eigenvalue weighted by Crippen LogP contribution is 2.39. The second kappa shape index (κ2) is 4.28. The number of hydrogen-bond acceptors (Lipinski definition) is 3. The maximum atomic E-state index is 9.49. The van der Waals surface area contributed by atoms with Crippen molar-refractivity contribution in [3.8, 4) is 0 Å². The fraction of sp³-hybridized carbons (Fsp3) is 1.00. The first-order valence-corrected chi connectivity index (χ1v) is 6.76. The molecule has 2 aliphatic heterocycles. The van der Waals surface area contributed by atoms with Crippen LogP contribution >= 0.6 is 0 Å². The van der Waals surface area contributed by atoms with Crippen molar-refractivity contribution in [2.75, 3.05) is 32.9 Å². The molecular formula is C13H23NO2. The Labute approximate surface area is 97.8 Å². The van der Waals surface area contributed by atoms with Crippen molar-refractivity contribution >= 4 is 0 Å². The predicted octanol–water partition coefficient (Wildman–Crippen LogP) is 1.26. The lowest BCUT2D eigenvalue weighted by molar-refractivity contribution is -0.151. The van der Waals surface area contributed by atoms with Gasteiger partial charge in [-0.1, -0.05) is 6.42 Å². The average molecular weight is 225 g/mol. The van der Waals surface area contributed by atoms with Crippen LogP contribution in [0.25, 0.3) is 0 Å². The topological polar surface area (TPSA) is 32.7 Å². The van der Waals surface area contributed by atoms with E-state index in [-0.39, 0.29) is 5.41 Å². The lowest BCUT2D eigenvalue weighted by atomic mass is 9.78. The molecule has 1 N–H and O–H groups in total. The van der Waals surface area contributed by atoms with Crippen LogP contribution < -0.4 is 0 Å². The molecule has 3 heteroatoms. The molecule has 0 aromatic heterocycles. The second-order valence-electron chi connectivity index (χ2n) is 6.02. The van der Waals surface area contributed by atoms with Crippen molar-refractivity contribution < 1.29 is 9.84 Å². The summed E-state index contributed by atoms with van der Waals surface area (Å²) >= 11 is 0. The molecule has 2 saturated heterocycles. The number of aliphatic hydroxyl groups is 1. The van der Waals surface area contributed by atoms with Crippen LogP contribution in [0, 0.1) is 11.3 Å². The number of hydrogen-bond donors (Lipinski definition) is 1. The molecule has 1 unspecified atom stereocenters. The molecule has 0 aromatic carbocycles. The number of likely N-dealkylation sites (tertiary alicyclic amines) is 1. The van der Waals surface area contributed by atoms with Crippen LogP contribution in [0.15, 0.2) is 0 Å². The molecule has 0 spiro atoms. The van der Waals surface area contributed by atoms with Gasteiger partial charge in [-0.25, -0.2) is 0 Å². The Balaban J connectivity index is 1.60. The molecule has 0 bridgehead atoms. The molecule has 3 rings (SSSR count). The first-order valence-electron chi connectivity index (χ1n) is 6.76. The molecule has 3 aliphatic rings. The molecule has 2 heterocycles. The number of nitrogens with zero attached hydrogens (tertiary/aromatic N) is 1. The zero-order valence-corrected chi connectivity index (χ0v) is 10.0. The van der Waals surface area contributed by atoms with Gasteiger partial charge >= 0.3 is 0 Å². The normalized spacial score (nSPS) is 34.7. The van der Waals surface area contributed by atoms with Crippen molar-refractivity contribution in [2.45, 2.75) is 38.1 Å². The Morgan fingerprint density at radius 3 is 2.50 bits per heavy atom. The molecule has 16 heavy (non-hydrogen) atoms. The molecule has 0 amide bonds. The number of aliphatic hydroxyl groups excluding tert-OH is 1. The minimum Gasteiger partial charge on any atom is -0.396 e. The summed E-state index contributed by atoms with van der Waals surface area (Å²) in [5, 5.41) is 9.49. The van der Waals surface area contributed by atoms with Crippen molar-refractivity contribution in [3.63, 3.8) is 0 Å². The van der Waals surface area contributed by atoms with Gasteiger partial charge in [-0.3, -0.25) is 4.90 Å². The third-order valence-electron chi connectivity index (χ3n) is 4.80. The second-order valence-corrected chi connectivity index (χ2v) is 6.02. The molecule has 1 saturated carbocycles. The van der Waals surface area contributed by atoms with Crippen LogP contribution in [-0.4, -0.2) is 49.0 Å². The average Bonchev–Trinajstić information content (AvgIpc) is 2.57. The first kappa shape index (κ1) is 11.0. The van der Waals surface area contributed by atoms with Gasteiger partial charge < -0.3 is 9.84 Å². The summed E-state index contributed by atoms with van der Waals surface area (Å²) in [6.07, 6.45) is 7.04. The summed E-state index contributed by atoms with van der Waals surface area (Å²) in [4.78, 5) is 2.64. The Morgan fingerprint density at radius 2 is 2.00 bits per heavy atom. The minimum absolute atomic E-state index is 0.0757. The van der Waals surface area contributed by atoms with E-state index in [1.807, 2.05) is 0 Å². The van der Waals surface area contributed by atoms with E-state index in [0.29, 0.717) is 6.61 Å². The highest BCUT2D eigenvalue weighted by molar-refractivity contribution is 4.95. The van der Waals surface area contributed by atoms with Gasteiger partial charge in [0.05, 0.1) is 25.2 Å². The van der Waals surface area contributed by atoms with E-state index in [0.717, 1.165) is 31.7 Å². The molecule has 0 aromatic rings. The quantitative estimate of drug-likeness (QED) is 0.782. The molecular weight excluding hydrogens is 202 g/mol. The van der Waals surface area contributed by atoms with Crippen LogP contribution in [0.2, 0.25) is 0 Å². The van der Waals surface area contributed by atoms with E-state index in [4.69, 9.17) is 4.74 Å². The van der Waals surface area contributed by atoms with Gasteiger partial charge in [0.1, 0.15) is 0 Å². The molecule has 1 atom stereocenters. The Morgan fingerprint density at radius 1 is 1.19 bits per heavy atom. The molecule has 3 fully saturated rings. The zero-order chi connectivity index (χ0) is 11.0. The molecule has 92 valence electrons. The smallest absolute Gasteiger partial charge is 0.0579 e. The standard InChI is InChI=1S/C13H23NO2/c15-8-13(9-16-10-13)7-14-6-2-5-12(14)11-3-1-4-11/h11-12,15H,1-10H2. The summed E-state index contributed by atoms with van der Waals surface area (Å²) in [6.45, 7) is 4.11. The fourth-order valence-corrected chi connectivity index (χ4v) is 3.46. The largest absolute Gasteiger partial charge is 0.396 e. The van der Waals surface area contributed by atoms with Crippen LogP contribution in [0.5, 0.6) is 0 Å². The fourth-order valence-electron chi connectivity index (χ4n) is 3.46. The SMILES string of the molecule is OCC1(CN2CCCC2C2CCC2)COC1.